The lowest BCUT2D eigenvalue weighted by Gasteiger charge is -2.25. The summed E-state index contributed by atoms with van der Waals surface area (Å²) in [5.41, 5.74) is 0.966. The molecule has 4 heteroatoms. The third kappa shape index (κ3) is 2.77. The Morgan fingerprint density at radius 2 is 1.88 bits per heavy atom. The molecule has 92 valence electrons. The molecular formula is C13H16O4. The van der Waals surface area contributed by atoms with Gasteiger partial charge in [0.15, 0.2) is 6.29 Å². The first-order valence-corrected chi connectivity index (χ1v) is 6.00. The van der Waals surface area contributed by atoms with E-state index in [1.54, 1.807) is 0 Å². The molecule has 0 bridgehead atoms. The largest absolute Gasteiger partial charge is 0.490 e. The number of rotatable bonds is 4. The summed E-state index contributed by atoms with van der Waals surface area (Å²) in [4.78, 5) is 0. The normalized spacial score (nSPS) is 24.6. The van der Waals surface area contributed by atoms with Crippen LogP contribution in [-0.4, -0.2) is 32.5 Å². The fourth-order valence-electron chi connectivity index (χ4n) is 1.82. The van der Waals surface area contributed by atoms with E-state index in [1.165, 1.54) is 0 Å². The molecule has 3 rings (SSSR count). The highest BCUT2D eigenvalue weighted by Gasteiger charge is 2.25. The van der Waals surface area contributed by atoms with Gasteiger partial charge in [-0.1, -0.05) is 18.2 Å². The first-order valence-electron chi connectivity index (χ1n) is 6.00. The SMILES string of the molecule is c1ccc(C2OCCCO2)c(OCC2CO2)c1. The lowest BCUT2D eigenvalue weighted by molar-refractivity contribution is -0.183. The predicted octanol–water partition coefficient (Wildman–Crippen LogP) is 1.90. The van der Waals surface area contributed by atoms with E-state index in [0.717, 1.165) is 37.6 Å². The van der Waals surface area contributed by atoms with Gasteiger partial charge in [-0.2, -0.15) is 0 Å². The van der Waals surface area contributed by atoms with Gasteiger partial charge in [0.25, 0.3) is 0 Å². The van der Waals surface area contributed by atoms with Crippen molar-refractivity contribution >= 4 is 0 Å². The Kier molecular flexibility index (Phi) is 3.27. The van der Waals surface area contributed by atoms with Gasteiger partial charge >= 0.3 is 0 Å². The van der Waals surface area contributed by atoms with Gasteiger partial charge in [0.05, 0.1) is 19.8 Å². The molecule has 2 fully saturated rings. The Morgan fingerprint density at radius 1 is 1.12 bits per heavy atom. The van der Waals surface area contributed by atoms with Crippen LogP contribution in [0.2, 0.25) is 0 Å². The van der Waals surface area contributed by atoms with Gasteiger partial charge in [0.1, 0.15) is 18.5 Å². The van der Waals surface area contributed by atoms with Crippen LogP contribution in [0.5, 0.6) is 5.75 Å². The minimum atomic E-state index is -0.292. The Labute approximate surface area is 100 Å². The zero-order valence-electron chi connectivity index (χ0n) is 9.63. The van der Waals surface area contributed by atoms with Crippen LogP contribution in [0, 0.1) is 0 Å². The molecule has 0 radical (unpaired) electrons. The van der Waals surface area contributed by atoms with E-state index in [2.05, 4.69) is 0 Å². The number of ether oxygens (including phenoxy) is 4. The second-order valence-electron chi connectivity index (χ2n) is 4.23. The van der Waals surface area contributed by atoms with E-state index in [1.807, 2.05) is 24.3 Å². The maximum atomic E-state index is 5.73. The molecule has 2 aliphatic heterocycles. The summed E-state index contributed by atoms with van der Waals surface area (Å²) in [6.07, 6.45) is 0.923. The summed E-state index contributed by atoms with van der Waals surface area (Å²) in [6, 6.07) is 7.85. The standard InChI is InChI=1S/C13H16O4/c1-2-5-12(17-9-10-8-16-10)11(4-1)13-14-6-3-7-15-13/h1-2,4-5,10,13H,3,6-9H2. The Hall–Kier alpha value is -1.10. The van der Waals surface area contributed by atoms with Crippen LogP contribution in [0.15, 0.2) is 24.3 Å². The zero-order valence-corrected chi connectivity index (χ0v) is 9.63. The lowest BCUT2D eigenvalue weighted by atomic mass is 10.2. The van der Waals surface area contributed by atoms with Gasteiger partial charge in [-0.05, 0) is 12.5 Å². The third-order valence-electron chi connectivity index (χ3n) is 2.83. The average Bonchev–Trinajstić information content (AvgIpc) is 3.22. The molecule has 2 heterocycles. The van der Waals surface area contributed by atoms with Crippen molar-refractivity contribution in [3.63, 3.8) is 0 Å². The molecule has 2 aliphatic rings. The Bertz CT molecular complexity index is 369. The molecule has 2 saturated heterocycles. The van der Waals surface area contributed by atoms with Crippen molar-refractivity contribution in [1.82, 2.24) is 0 Å². The number of hydrogen-bond acceptors (Lipinski definition) is 4. The van der Waals surface area contributed by atoms with Gasteiger partial charge in [-0.3, -0.25) is 0 Å². The minimum Gasteiger partial charge on any atom is -0.490 e. The summed E-state index contributed by atoms with van der Waals surface area (Å²) in [5.74, 6) is 0.829. The van der Waals surface area contributed by atoms with Crippen molar-refractivity contribution in [3.8, 4) is 5.75 Å². The second-order valence-corrected chi connectivity index (χ2v) is 4.23. The summed E-state index contributed by atoms with van der Waals surface area (Å²) in [7, 11) is 0. The van der Waals surface area contributed by atoms with Crippen molar-refractivity contribution in [2.75, 3.05) is 26.4 Å². The summed E-state index contributed by atoms with van der Waals surface area (Å²) >= 11 is 0. The quantitative estimate of drug-likeness (QED) is 0.749. The molecule has 4 nitrogen and oxygen atoms in total. The zero-order chi connectivity index (χ0) is 11.5. The highest BCUT2D eigenvalue weighted by atomic mass is 16.7. The van der Waals surface area contributed by atoms with Gasteiger partial charge in [0.2, 0.25) is 0 Å². The molecule has 17 heavy (non-hydrogen) atoms. The molecule has 0 aromatic heterocycles. The lowest BCUT2D eigenvalue weighted by Crippen LogP contribution is -2.19. The van der Waals surface area contributed by atoms with E-state index in [4.69, 9.17) is 18.9 Å². The summed E-state index contributed by atoms with van der Waals surface area (Å²) in [6.45, 7) is 2.89. The maximum Gasteiger partial charge on any atom is 0.187 e. The molecule has 0 saturated carbocycles. The molecule has 0 N–H and O–H groups in total. The van der Waals surface area contributed by atoms with Crippen LogP contribution < -0.4 is 4.74 Å². The Balaban J connectivity index is 1.71. The van der Waals surface area contributed by atoms with Crippen LogP contribution in [0.3, 0.4) is 0 Å². The van der Waals surface area contributed by atoms with Crippen LogP contribution in [0.25, 0.3) is 0 Å². The topological polar surface area (TPSA) is 40.2 Å². The van der Waals surface area contributed by atoms with Gasteiger partial charge in [-0.25, -0.2) is 0 Å². The van der Waals surface area contributed by atoms with E-state index in [0.29, 0.717) is 6.61 Å². The van der Waals surface area contributed by atoms with Crippen molar-refractivity contribution in [3.05, 3.63) is 29.8 Å². The van der Waals surface area contributed by atoms with Gasteiger partial charge in [-0.15, -0.1) is 0 Å². The summed E-state index contributed by atoms with van der Waals surface area (Å²) in [5, 5.41) is 0. The second kappa shape index (κ2) is 5.04. The number of benzene rings is 1. The van der Waals surface area contributed by atoms with E-state index in [9.17, 15) is 0 Å². The fraction of sp³-hybridized carbons (Fsp3) is 0.538. The molecule has 1 aromatic rings. The number of epoxide rings is 1. The summed E-state index contributed by atoms with van der Waals surface area (Å²) < 4.78 is 22.0. The van der Waals surface area contributed by atoms with Crippen molar-refractivity contribution < 1.29 is 18.9 Å². The van der Waals surface area contributed by atoms with E-state index in [-0.39, 0.29) is 12.4 Å². The molecule has 0 spiro atoms. The molecule has 1 atom stereocenters. The van der Waals surface area contributed by atoms with Crippen LogP contribution in [0.4, 0.5) is 0 Å². The molecule has 0 aliphatic carbocycles. The van der Waals surface area contributed by atoms with Gasteiger partial charge < -0.3 is 18.9 Å². The van der Waals surface area contributed by atoms with Crippen LogP contribution in [-0.2, 0) is 14.2 Å². The first kappa shape index (κ1) is 11.0. The smallest absolute Gasteiger partial charge is 0.187 e. The third-order valence-corrected chi connectivity index (χ3v) is 2.83. The van der Waals surface area contributed by atoms with E-state index < -0.39 is 0 Å². The van der Waals surface area contributed by atoms with Crippen molar-refractivity contribution in [2.24, 2.45) is 0 Å². The molecule has 1 aromatic carbocycles. The highest BCUT2D eigenvalue weighted by Crippen LogP contribution is 2.31. The predicted molar refractivity (Wildman–Crippen MR) is 60.9 cm³/mol. The number of hydrogen-bond donors (Lipinski definition) is 0. The van der Waals surface area contributed by atoms with Gasteiger partial charge in [0, 0.05) is 5.56 Å². The molecular weight excluding hydrogens is 220 g/mol. The van der Waals surface area contributed by atoms with Crippen LogP contribution >= 0.6 is 0 Å². The highest BCUT2D eigenvalue weighted by molar-refractivity contribution is 5.34. The monoisotopic (exact) mass is 236 g/mol. The Morgan fingerprint density at radius 3 is 2.65 bits per heavy atom. The van der Waals surface area contributed by atoms with Crippen molar-refractivity contribution in [2.45, 2.75) is 18.8 Å². The number of para-hydroxylation sites is 1. The van der Waals surface area contributed by atoms with Crippen LogP contribution in [0.1, 0.15) is 18.3 Å². The maximum absolute atomic E-state index is 5.73. The first-order chi connectivity index (χ1) is 8.43. The van der Waals surface area contributed by atoms with Crippen molar-refractivity contribution in [1.29, 1.82) is 0 Å². The molecule has 1 unspecified atom stereocenters. The van der Waals surface area contributed by atoms with E-state index >= 15 is 0 Å². The average molecular weight is 236 g/mol. The molecule has 0 amide bonds. The fourth-order valence-corrected chi connectivity index (χ4v) is 1.82. The minimum absolute atomic E-state index is 0.260.